The first kappa shape index (κ1) is 21.2. The van der Waals surface area contributed by atoms with Crippen LogP contribution in [0.5, 0.6) is 0 Å². The topological polar surface area (TPSA) is 0 Å². The van der Waals surface area contributed by atoms with Crippen molar-refractivity contribution < 1.29 is 0 Å². The quantitative estimate of drug-likeness (QED) is 0.467. The molecule has 0 saturated heterocycles. The molecule has 1 aliphatic rings. The molecular weight excluding hydrogens is 336 g/mol. The van der Waals surface area contributed by atoms with Gasteiger partial charge in [-0.15, -0.1) is 0 Å². The minimum atomic E-state index is 0.169. The van der Waals surface area contributed by atoms with Crippen molar-refractivity contribution in [2.24, 2.45) is 5.92 Å². The van der Waals surface area contributed by atoms with Crippen LogP contribution in [0.2, 0.25) is 0 Å². The van der Waals surface area contributed by atoms with Gasteiger partial charge in [0, 0.05) is 0 Å². The summed E-state index contributed by atoms with van der Waals surface area (Å²) in [5.74, 6) is 2.16. The minimum Gasteiger partial charge on any atom is -0.0651 e. The van der Waals surface area contributed by atoms with E-state index in [-0.39, 0.29) is 5.41 Å². The molecule has 0 heteroatoms. The Morgan fingerprint density at radius 2 is 1.64 bits per heavy atom. The van der Waals surface area contributed by atoms with Crippen LogP contribution in [-0.2, 0) is 5.41 Å². The highest BCUT2D eigenvalue weighted by Gasteiger charge is 2.28. The van der Waals surface area contributed by atoms with Crippen LogP contribution in [0, 0.1) is 5.92 Å². The van der Waals surface area contributed by atoms with Gasteiger partial charge in [-0.3, -0.25) is 0 Å². The molecule has 3 rings (SSSR count). The van der Waals surface area contributed by atoms with Gasteiger partial charge >= 0.3 is 0 Å². The normalized spacial score (nSPS) is 21.0. The fraction of sp³-hybridized carbons (Fsp3) is 0.571. The zero-order chi connectivity index (χ0) is 20.3. The summed E-state index contributed by atoms with van der Waals surface area (Å²) < 4.78 is 0. The Kier molecular flexibility index (Phi) is 6.69. The van der Waals surface area contributed by atoms with Crippen molar-refractivity contribution in [1.82, 2.24) is 0 Å². The highest BCUT2D eigenvalue weighted by Crippen LogP contribution is 2.44. The largest absolute Gasteiger partial charge is 0.0651 e. The van der Waals surface area contributed by atoms with Crippen LogP contribution in [0.4, 0.5) is 0 Å². The Balaban J connectivity index is 2.17. The summed E-state index contributed by atoms with van der Waals surface area (Å²) >= 11 is 0. The van der Waals surface area contributed by atoms with Crippen molar-refractivity contribution in [3.8, 4) is 11.1 Å². The molecule has 2 atom stereocenters. The summed E-state index contributed by atoms with van der Waals surface area (Å²) in [6.07, 6.45) is 8.31. The first-order valence-corrected chi connectivity index (χ1v) is 11.5. The molecule has 1 fully saturated rings. The monoisotopic (exact) mass is 376 g/mol. The fourth-order valence-corrected chi connectivity index (χ4v) is 5.08. The summed E-state index contributed by atoms with van der Waals surface area (Å²) in [6, 6.07) is 16.1. The lowest BCUT2D eigenvalue weighted by Crippen LogP contribution is -2.18. The molecular formula is C28H40. The summed E-state index contributed by atoms with van der Waals surface area (Å²) in [6.45, 7) is 14.3. The van der Waals surface area contributed by atoms with Crippen LogP contribution in [0.15, 0.2) is 42.5 Å². The summed E-state index contributed by atoms with van der Waals surface area (Å²) in [5, 5.41) is 0. The maximum absolute atomic E-state index is 2.61. The van der Waals surface area contributed by atoms with Gasteiger partial charge in [0.15, 0.2) is 0 Å². The van der Waals surface area contributed by atoms with E-state index in [0.717, 1.165) is 11.8 Å². The van der Waals surface area contributed by atoms with E-state index in [0.29, 0.717) is 5.92 Å². The molecule has 28 heavy (non-hydrogen) atoms. The maximum atomic E-state index is 2.61. The van der Waals surface area contributed by atoms with Crippen molar-refractivity contribution in [1.29, 1.82) is 0 Å². The number of rotatable bonds is 4. The average Bonchev–Trinajstić information content (AvgIpc) is 2.92. The second kappa shape index (κ2) is 8.85. The predicted molar refractivity (Wildman–Crippen MR) is 124 cm³/mol. The van der Waals surface area contributed by atoms with Gasteiger partial charge in [-0.2, -0.15) is 0 Å². The van der Waals surface area contributed by atoms with Crippen LogP contribution < -0.4 is 0 Å². The van der Waals surface area contributed by atoms with E-state index in [1.54, 1.807) is 11.1 Å². The lowest BCUT2D eigenvalue weighted by atomic mass is 9.74. The zero-order valence-electron chi connectivity index (χ0n) is 19.0. The van der Waals surface area contributed by atoms with E-state index in [9.17, 15) is 0 Å². The first-order chi connectivity index (χ1) is 13.3. The second-order valence-corrected chi connectivity index (χ2v) is 10.3. The highest BCUT2D eigenvalue weighted by atomic mass is 14.3. The lowest BCUT2D eigenvalue weighted by molar-refractivity contribution is 0.418. The molecule has 0 heterocycles. The molecule has 0 amide bonds. The standard InChI is InChI=1S/C28H40/c1-7-21-13-11-12-16-23(17-21)26-18-24(20(2)3)25(19-27(26)28(4,5)6)22-14-9-8-10-15-22/h8-10,14-15,18-21,23H,7,11-13,16-17H2,1-6H3/t21-,23?/m0/s1. The van der Waals surface area contributed by atoms with E-state index >= 15 is 0 Å². The van der Waals surface area contributed by atoms with Crippen molar-refractivity contribution in [3.05, 3.63) is 59.2 Å². The Labute approximate surface area is 173 Å². The van der Waals surface area contributed by atoms with Gasteiger partial charge in [0.1, 0.15) is 0 Å². The molecule has 0 aliphatic heterocycles. The molecule has 0 radical (unpaired) electrons. The molecule has 0 bridgehead atoms. The van der Waals surface area contributed by atoms with Gasteiger partial charge in [0.05, 0.1) is 0 Å². The Morgan fingerprint density at radius 3 is 2.25 bits per heavy atom. The molecule has 1 aliphatic carbocycles. The number of hydrogen-bond donors (Lipinski definition) is 0. The van der Waals surface area contributed by atoms with Gasteiger partial charge in [0.25, 0.3) is 0 Å². The Hall–Kier alpha value is -1.56. The second-order valence-electron chi connectivity index (χ2n) is 10.3. The van der Waals surface area contributed by atoms with Crippen molar-refractivity contribution >= 4 is 0 Å². The highest BCUT2D eigenvalue weighted by molar-refractivity contribution is 5.70. The summed E-state index contributed by atoms with van der Waals surface area (Å²) in [5.41, 5.74) is 7.70. The number of benzene rings is 2. The minimum absolute atomic E-state index is 0.169. The third kappa shape index (κ3) is 4.70. The molecule has 1 unspecified atom stereocenters. The van der Waals surface area contributed by atoms with Crippen LogP contribution in [-0.4, -0.2) is 0 Å². The van der Waals surface area contributed by atoms with Gasteiger partial charge in [-0.25, -0.2) is 0 Å². The van der Waals surface area contributed by atoms with E-state index in [1.807, 2.05) is 0 Å². The fourth-order valence-electron chi connectivity index (χ4n) is 5.08. The molecule has 152 valence electrons. The Bertz CT molecular complexity index is 761. The van der Waals surface area contributed by atoms with Crippen LogP contribution in [0.25, 0.3) is 11.1 Å². The molecule has 0 nitrogen and oxygen atoms in total. The van der Waals surface area contributed by atoms with Gasteiger partial charge in [0.2, 0.25) is 0 Å². The first-order valence-electron chi connectivity index (χ1n) is 11.5. The number of hydrogen-bond acceptors (Lipinski definition) is 0. The molecule has 2 aromatic carbocycles. The van der Waals surface area contributed by atoms with E-state index in [4.69, 9.17) is 0 Å². The lowest BCUT2D eigenvalue weighted by Gasteiger charge is -2.31. The summed E-state index contributed by atoms with van der Waals surface area (Å²) in [7, 11) is 0. The third-order valence-electron chi connectivity index (χ3n) is 6.79. The predicted octanol–water partition coefficient (Wildman–Crippen LogP) is 8.85. The van der Waals surface area contributed by atoms with E-state index < -0.39 is 0 Å². The average molecular weight is 377 g/mol. The van der Waals surface area contributed by atoms with Crippen LogP contribution in [0.1, 0.15) is 109 Å². The smallest absolute Gasteiger partial charge is 0.0129 e. The maximum Gasteiger partial charge on any atom is -0.0129 e. The molecule has 1 saturated carbocycles. The van der Waals surface area contributed by atoms with Crippen LogP contribution in [0.3, 0.4) is 0 Å². The SMILES string of the molecule is CC[C@H]1CCCCC(c2cc(C(C)C)c(-c3ccccc3)cc2C(C)(C)C)C1. The van der Waals surface area contributed by atoms with Crippen molar-refractivity contribution in [2.45, 2.75) is 97.3 Å². The molecule has 0 N–H and O–H groups in total. The summed E-state index contributed by atoms with van der Waals surface area (Å²) in [4.78, 5) is 0. The molecule has 0 aromatic heterocycles. The van der Waals surface area contributed by atoms with Crippen LogP contribution >= 0.6 is 0 Å². The van der Waals surface area contributed by atoms with Gasteiger partial charge in [-0.1, -0.05) is 110 Å². The zero-order valence-corrected chi connectivity index (χ0v) is 19.0. The Morgan fingerprint density at radius 1 is 0.964 bits per heavy atom. The van der Waals surface area contributed by atoms with E-state index in [1.165, 1.54) is 55.2 Å². The molecule has 2 aromatic rings. The van der Waals surface area contributed by atoms with Gasteiger partial charge < -0.3 is 0 Å². The van der Waals surface area contributed by atoms with E-state index in [2.05, 4.69) is 84.0 Å². The molecule has 0 spiro atoms. The van der Waals surface area contributed by atoms with Crippen molar-refractivity contribution in [2.75, 3.05) is 0 Å². The van der Waals surface area contributed by atoms with Gasteiger partial charge in [-0.05, 0) is 63.8 Å². The third-order valence-corrected chi connectivity index (χ3v) is 6.79. The van der Waals surface area contributed by atoms with Crippen molar-refractivity contribution in [3.63, 3.8) is 0 Å².